The summed E-state index contributed by atoms with van der Waals surface area (Å²) in [6.45, 7) is 6.46. The SMILES string of the molecule is CC/C=C\C/C=C\C/C=C\C/C=C\C/C=C\C/C=C\C/C=C\C/C=C\C/C=C\CCCCCC(=O)OCC(COC(=O)CCCCCCCC)OC(=O)CCCCCCCCCCCCCCCCCCCCCCCC. The Hall–Kier alpha value is -3.93. The van der Waals surface area contributed by atoms with Crippen LogP contribution >= 0.6 is 0 Å². The Morgan fingerprint density at radius 1 is 0.273 bits per heavy atom. The van der Waals surface area contributed by atoms with Crippen molar-refractivity contribution in [2.75, 3.05) is 13.2 Å². The second-order valence-corrected chi connectivity index (χ2v) is 21.3. The molecular formula is C71H120O6. The lowest BCUT2D eigenvalue weighted by atomic mass is 10.0. The average Bonchev–Trinajstić information content (AvgIpc) is 3.43. The van der Waals surface area contributed by atoms with Crippen molar-refractivity contribution < 1.29 is 28.6 Å². The van der Waals surface area contributed by atoms with Gasteiger partial charge >= 0.3 is 17.9 Å². The zero-order valence-corrected chi connectivity index (χ0v) is 50.4. The van der Waals surface area contributed by atoms with Crippen molar-refractivity contribution >= 4 is 17.9 Å². The Bertz CT molecular complexity index is 1560. The largest absolute Gasteiger partial charge is 0.462 e. The monoisotopic (exact) mass is 1070 g/mol. The Morgan fingerprint density at radius 2 is 0.506 bits per heavy atom. The molecule has 0 aromatic heterocycles. The number of unbranched alkanes of at least 4 members (excludes halogenated alkanes) is 29. The van der Waals surface area contributed by atoms with Gasteiger partial charge in [0.2, 0.25) is 0 Å². The molecule has 0 fully saturated rings. The van der Waals surface area contributed by atoms with Gasteiger partial charge in [0.1, 0.15) is 13.2 Å². The van der Waals surface area contributed by atoms with Crippen molar-refractivity contribution in [3.63, 3.8) is 0 Å². The predicted molar refractivity (Wildman–Crippen MR) is 334 cm³/mol. The van der Waals surface area contributed by atoms with Gasteiger partial charge in [0.15, 0.2) is 6.10 Å². The fourth-order valence-electron chi connectivity index (χ4n) is 8.97. The fourth-order valence-corrected chi connectivity index (χ4v) is 8.97. The third-order valence-corrected chi connectivity index (χ3v) is 13.8. The number of hydrogen-bond donors (Lipinski definition) is 0. The Balaban J connectivity index is 4.17. The van der Waals surface area contributed by atoms with E-state index < -0.39 is 6.10 Å². The highest BCUT2D eigenvalue weighted by atomic mass is 16.6. The van der Waals surface area contributed by atoms with E-state index in [4.69, 9.17) is 14.2 Å². The number of ether oxygens (including phenoxy) is 3. The molecule has 0 N–H and O–H groups in total. The lowest BCUT2D eigenvalue weighted by molar-refractivity contribution is -0.167. The number of allylic oxidation sites excluding steroid dienone is 18. The van der Waals surface area contributed by atoms with Crippen LogP contribution in [0.4, 0.5) is 0 Å². The normalized spacial score (nSPS) is 12.8. The number of rotatable bonds is 58. The quantitative estimate of drug-likeness (QED) is 0.0261. The van der Waals surface area contributed by atoms with Crippen LogP contribution in [0, 0.1) is 0 Å². The van der Waals surface area contributed by atoms with Crippen LogP contribution in [0.2, 0.25) is 0 Å². The van der Waals surface area contributed by atoms with Gasteiger partial charge in [-0.3, -0.25) is 14.4 Å². The van der Waals surface area contributed by atoms with Gasteiger partial charge in [-0.1, -0.05) is 304 Å². The lowest BCUT2D eigenvalue weighted by Gasteiger charge is -2.18. The standard InChI is InChI=1S/C71H120O6/c1-4-7-10-13-16-18-20-22-24-26-28-30-32-33-34-35-36-37-38-39-40-42-43-45-47-49-51-53-55-58-61-64-70(73)76-67-68(66-75-69(72)63-60-57-15-12-9-6-3)77-71(74)65-62-59-56-54-52-50-48-46-44-41-31-29-27-25-23-21-19-17-14-11-8-5-2/h7,10,16,18,22,24,28,30,33-34,36-37,39-40,43,45,49,51,68H,4-6,8-9,11-15,17,19-21,23,25-27,29,31-32,35,38,41-42,44,46-48,50,52-67H2,1-3H3/b10-7-,18-16-,24-22-,30-28-,34-33-,37-36-,40-39-,45-43-,51-49-. The highest BCUT2D eigenvalue weighted by Gasteiger charge is 2.19. The van der Waals surface area contributed by atoms with E-state index in [-0.39, 0.29) is 31.1 Å². The molecule has 77 heavy (non-hydrogen) atoms. The second kappa shape index (κ2) is 64.6. The Labute approximate surface area is 476 Å². The van der Waals surface area contributed by atoms with E-state index >= 15 is 0 Å². The Morgan fingerprint density at radius 3 is 0.792 bits per heavy atom. The summed E-state index contributed by atoms with van der Waals surface area (Å²) in [4.78, 5) is 38.0. The molecule has 6 heteroatoms. The first-order chi connectivity index (χ1) is 38.0. The molecule has 0 aliphatic rings. The topological polar surface area (TPSA) is 78.9 Å². The first-order valence-corrected chi connectivity index (χ1v) is 32.4. The number of hydrogen-bond acceptors (Lipinski definition) is 6. The van der Waals surface area contributed by atoms with Crippen LogP contribution in [0.15, 0.2) is 109 Å². The van der Waals surface area contributed by atoms with Gasteiger partial charge in [-0.15, -0.1) is 0 Å². The molecule has 0 bridgehead atoms. The summed E-state index contributed by atoms with van der Waals surface area (Å²) in [5, 5.41) is 0. The minimum Gasteiger partial charge on any atom is -0.462 e. The molecule has 0 saturated heterocycles. The molecule has 0 aliphatic carbocycles. The average molecular weight is 1070 g/mol. The molecule has 0 aliphatic heterocycles. The predicted octanol–water partition coefficient (Wildman–Crippen LogP) is 22.2. The van der Waals surface area contributed by atoms with E-state index in [0.29, 0.717) is 19.3 Å². The minimum atomic E-state index is -0.789. The van der Waals surface area contributed by atoms with Crippen molar-refractivity contribution in [2.24, 2.45) is 0 Å². The molecule has 0 radical (unpaired) electrons. The smallest absolute Gasteiger partial charge is 0.306 e. The number of esters is 3. The zero-order valence-electron chi connectivity index (χ0n) is 50.4. The van der Waals surface area contributed by atoms with Crippen molar-refractivity contribution in [3.05, 3.63) is 109 Å². The summed E-state index contributed by atoms with van der Waals surface area (Å²) >= 11 is 0. The van der Waals surface area contributed by atoms with E-state index in [9.17, 15) is 14.4 Å². The van der Waals surface area contributed by atoms with Crippen molar-refractivity contribution in [1.29, 1.82) is 0 Å². The summed E-state index contributed by atoms with van der Waals surface area (Å²) in [6.07, 6.45) is 88.5. The summed E-state index contributed by atoms with van der Waals surface area (Å²) < 4.78 is 16.8. The zero-order chi connectivity index (χ0) is 55.7. The maximum atomic E-state index is 12.8. The lowest BCUT2D eigenvalue weighted by Crippen LogP contribution is -2.30. The van der Waals surface area contributed by atoms with E-state index in [1.54, 1.807) is 0 Å². The molecular weight excluding hydrogens is 949 g/mol. The van der Waals surface area contributed by atoms with Crippen LogP contribution in [0.1, 0.15) is 303 Å². The van der Waals surface area contributed by atoms with E-state index in [1.165, 1.54) is 141 Å². The minimum absolute atomic E-state index is 0.0870. The van der Waals surface area contributed by atoms with E-state index in [2.05, 4.69) is 130 Å². The molecule has 0 heterocycles. The summed E-state index contributed by atoms with van der Waals surface area (Å²) in [5.41, 5.74) is 0. The second-order valence-electron chi connectivity index (χ2n) is 21.3. The van der Waals surface area contributed by atoms with Crippen LogP contribution in [-0.2, 0) is 28.6 Å². The van der Waals surface area contributed by atoms with Crippen LogP contribution < -0.4 is 0 Å². The molecule has 0 aromatic rings. The molecule has 0 spiro atoms. The molecule has 0 amide bonds. The molecule has 6 nitrogen and oxygen atoms in total. The first-order valence-electron chi connectivity index (χ1n) is 32.4. The highest BCUT2D eigenvalue weighted by molar-refractivity contribution is 5.71. The van der Waals surface area contributed by atoms with Crippen LogP contribution in [0.25, 0.3) is 0 Å². The molecule has 440 valence electrons. The van der Waals surface area contributed by atoms with Crippen LogP contribution in [-0.4, -0.2) is 37.2 Å². The third-order valence-electron chi connectivity index (χ3n) is 13.8. The number of carbonyl (C=O) groups excluding carboxylic acids is 3. The van der Waals surface area contributed by atoms with Gasteiger partial charge in [0.25, 0.3) is 0 Å². The molecule has 0 saturated carbocycles. The molecule has 1 atom stereocenters. The first kappa shape index (κ1) is 73.1. The molecule has 0 rings (SSSR count). The maximum absolute atomic E-state index is 12.8. The van der Waals surface area contributed by atoms with Crippen LogP contribution in [0.5, 0.6) is 0 Å². The van der Waals surface area contributed by atoms with Crippen LogP contribution in [0.3, 0.4) is 0 Å². The third kappa shape index (κ3) is 62.8. The van der Waals surface area contributed by atoms with E-state index in [1.807, 2.05) is 0 Å². The highest BCUT2D eigenvalue weighted by Crippen LogP contribution is 2.17. The molecule has 0 aromatic carbocycles. The van der Waals surface area contributed by atoms with Gasteiger partial charge < -0.3 is 14.2 Å². The van der Waals surface area contributed by atoms with Crippen molar-refractivity contribution in [1.82, 2.24) is 0 Å². The van der Waals surface area contributed by atoms with E-state index in [0.717, 1.165) is 122 Å². The number of carbonyl (C=O) groups is 3. The van der Waals surface area contributed by atoms with Gasteiger partial charge in [0.05, 0.1) is 0 Å². The van der Waals surface area contributed by atoms with Gasteiger partial charge in [0, 0.05) is 19.3 Å². The van der Waals surface area contributed by atoms with Gasteiger partial charge in [-0.05, 0) is 89.9 Å². The van der Waals surface area contributed by atoms with Crippen molar-refractivity contribution in [2.45, 2.75) is 309 Å². The fraction of sp³-hybridized carbons (Fsp3) is 0.704. The van der Waals surface area contributed by atoms with Gasteiger partial charge in [-0.25, -0.2) is 0 Å². The molecule has 1 unspecified atom stereocenters. The summed E-state index contributed by atoms with van der Waals surface area (Å²) in [7, 11) is 0. The summed E-state index contributed by atoms with van der Waals surface area (Å²) in [5.74, 6) is -0.923. The Kier molecular flexibility index (Phi) is 61.3. The van der Waals surface area contributed by atoms with Crippen molar-refractivity contribution in [3.8, 4) is 0 Å². The maximum Gasteiger partial charge on any atom is 0.306 e. The summed E-state index contributed by atoms with van der Waals surface area (Å²) in [6, 6.07) is 0. The van der Waals surface area contributed by atoms with Gasteiger partial charge in [-0.2, -0.15) is 0 Å².